The molecule has 2 rings (SSSR count). The second-order valence-corrected chi connectivity index (χ2v) is 5.39. The Kier molecular flexibility index (Phi) is 4.58. The van der Waals surface area contributed by atoms with Gasteiger partial charge in [0, 0.05) is 23.2 Å². The van der Waals surface area contributed by atoms with Crippen LogP contribution in [-0.4, -0.2) is 28.6 Å². The van der Waals surface area contributed by atoms with E-state index < -0.39 is 6.10 Å². The number of rotatable bonds is 5. The number of hydrogen-bond acceptors (Lipinski definition) is 4. The molecule has 0 aliphatic rings. The first-order valence-corrected chi connectivity index (χ1v) is 7.11. The average molecular weight is 283 g/mol. The fourth-order valence-electron chi connectivity index (χ4n) is 1.55. The van der Waals surface area contributed by atoms with E-state index in [0.717, 1.165) is 22.0 Å². The zero-order valence-electron chi connectivity index (χ0n) is 10.1. The van der Waals surface area contributed by atoms with Gasteiger partial charge in [0.15, 0.2) is 0 Å². The van der Waals surface area contributed by atoms with Crippen LogP contribution in [0.3, 0.4) is 0 Å². The van der Waals surface area contributed by atoms with Crippen molar-refractivity contribution in [3.8, 4) is 11.3 Å². The summed E-state index contributed by atoms with van der Waals surface area (Å²) >= 11 is 7.17. The van der Waals surface area contributed by atoms with Crippen LogP contribution in [0.15, 0.2) is 29.6 Å². The predicted octanol–water partition coefficient (Wildman–Crippen LogP) is 3.13. The van der Waals surface area contributed by atoms with Gasteiger partial charge >= 0.3 is 0 Å². The zero-order chi connectivity index (χ0) is 13.0. The van der Waals surface area contributed by atoms with Crippen LogP contribution in [0.1, 0.15) is 5.01 Å². The van der Waals surface area contributed by atoms with E-state index in [0.29, 0.717) is 6.54 Å². The SMILES string of the molecule is Cc1nc(-c2ccc(NCC(O)CCl)cc2)cs1. The van der Waals surface area contributed by atoms with Crippen LogP contribution in [0, 0.1) is 6.92 Å². The normalized spacial score (nSPS) is 12.4. The van der Waals surface area contributed by atoms with Gasteiger partial charge in [-0.2, -0.15) is 0 Å². The third-order valence-electron chi connectivity index (χ3n) is 2.52. The number of hydrogen-bond donors (Lipinski definition) is 2. The maximum atomic E-state index is 9.35. The summed E-state index contributed by atoms with van der Waals surface area (Å²) in [6.45, 7) is 2.45. The summed E-state index contributed by atoms with van der Waals surface area (Å²) in [6.07, 6.45) is -0.521. The number of anilines is 1. The van der Waals surface area contributed by atoms with Gasteiger partial charge < -0.3 is 10.4 Å². The van der Waals surface area contributed by atoms with Crippen molar-refractivity contribution < 1.29 is 5.11 Å². The molecule has 0 fully saturated rings. The van der Waals surface area contributed by atoms with Crippen LogP contribution in [-0.2, 0) is 0 Å². The quantitative estimate of drug-likeness (QED) is 0.828. The number of thiazole rings is 1. The Morgan fingerprint density at radius 3 is 2.67 bits per heavy atom. The van der Waals surface area contributed by atoms with Crippen molar-refractivity contribution in [3.05, 3.63) is 34.7 Å². The highest BCUT2D eigenvalue weighted by molar-refractivity contribution is 7.09. The standard InChI is InChI=1S/C13H15ClN2OS/c1-9-16-13(8-18-9)10-2-4-11(5-3-10)15-7-12(17)6-14/h2-5,8,12,15,17H,6-7H2,1H3. The Morgan fingerprint density at radius 1 is 1.39 bits per heavy atom. The molecule has 3 nitrogen and oxygen atoms in total. The van der Waals surface area contributed by atoms with Crippen LogP contribution in [0.4, 0.5) is 5.69 Å². The maximum absolute atomic E-state index is 9.35. The topological polar surface area (TPSA) is 45.2 Å². The molecular weight excluding hydrogens is 268 g/mol. The largest absolute Gasteiger partial charge is 0.390 e. The predicted molar refractivity (Wildman–Crippen MR) is 77.5 cm³/mol. The van der Waals surface area contributed by atoms with Crippen LogP contribution < -0.4 is 5.32 Å². The van der Waals surface area contributed by atoms with Gasteiger partial charge in [0.2, 0.25) is 0 Å². The molecule has 18 heavy (non-hydrogen) atoms. The van der Waals surface area contributed by atoms with E-state index in [1.165, 1.54) is 0 Å². The van der Waals surface area contributed by atoms with Crippen molar-refractivity contribution in [1.29, 1.82) is 0 Å². The number of alkyl halides is 1. The molecule has 0 aliphatic carbocycles. The van der Waals surface area contributed by atoms with Gasteiger partial charge in [-0.05, 0) is 19.1 Å². The minimum absolute atomic E-state index is 0.239. The summed E-state index contributed by atoms with van der Waals surface area (Å²) in [7, 11) is 0. The molecule has 5 heteroatoms. The first-order valence-electron chi connectivity index (χ1n) is 5.69. The first kappa shape index (κ1) is 13.3. The second-order valence-electron chi connectivity index (χ2n) is 4.02. The molecule has 1 aromatic carbocycles. The molecule has 1 aromatic heterocycles. The van der Waals surface area contributed by atoms with Crippen molar-refractivity contribution in [2.75, 3.05) is 17.7 Å². The summed E-state index contributed by atoms with van der Waals surface area (Å²) in [5.41, 5.74) is 3.07. The van der Waals surface area contributed by atoms with Crippen molar-refractivity contribution in [2.24, 2.45) is 0 Å². The maximum Gasteiger partial charge on any atom is 0.0901 e. The molecule has 2 aromatic rings. The van der Waals surface area contributed by atoms with Crippen LogP contribution in [0.5, 0.6) is 0 Å². The van der Waals surface area contributed by atoms with Gasteiger partial charge in [0.05, 0.1) is 22.7 Å². The van der Waals surface area contributed by atoms with Crippen LogP contribution >= 0.6 is 22.9 Å². The summed E-state index contributed by atoms with van der Waals surface area (Å²) < 4.78 is 0. The van der Waals surface area contributed by atoms with Crippen molar-refractivity contribution in [2.45, 2.75) is 13.0 Å². The van der Waals surface area contributed by atoms with E-state index in [-0.39, 0.29) is 5.88 Å². The Labute approximate surface area is 115 Å². The number of nitrogens with one attached hydrogen (secondary N) is 1. The van der Waals surface area contributed by atoms with Gasteiger partial charge in [-0.3, -0.25) is 0 Å². The molecule has 0 aliphatic heterocycles. The number of aliphatic hydroxyl groups excluding tert-OH is 1. The highest BCUT2D eigenvalue weighted by Gasteiger charge is 2.03. The Bertz CT molecular complexity index is 498. The molecule has 0 bridgehead atoms. The highest BCUT2D eigenvalue weighted by atomic mass is 35.5. The molecule has 96 valence electrons. The molecule has 2 N–H and O–H groups in total. The summed E-state index contributed by atoms with van der Waals surface area (Å²) in [6, 6.07) is 7.99. The number of nitrogens with zero attached hydrogens (tertiary/aromatic N) is 1. The summed E-state index contributed by atoms with van der Waals surface area (Å²) in [4.78, 5) is 4.44. The molecule has 1 unspecified atom stereocenters. The number of aryl methyl sites for hydroxylation is 1. The van der Waals surface area contributed by atoms with Gasteiger partial charge in [-0.15, -0.1) is 22.9 Å². The lowest BCUT2D eigenvalue weighted by Gasteiger charge is -2.10. The van der Waals surface area contributed by atoms with Crippen LogP contribution in [0.2, 0.25) is 0 Å². The number of aromatic nitrogens is 1. The first-order chi connectivity index (χ1) is 8.69. The van der Waals surface area contributed by atoms with Gasteiger partial charge in [-0.1, -0.05) is 12.1 Å². The van der Waals surface area contributed by atoms with Gasteiger partial charge in [-0.25, -0.2) is 4.98 Å². The smallest absolute Gasteiger partial charge is 0.0901 e. The van der Waals surface area contributed by atoms with Crippen molar-refractivity contribution >= 4 is 28.6 Å². The average Bonchev–Trinajstić information content (AvgIpc) is 2.83. The van der Waals surface area contributed by atoms with E-state index in [1.54, 1.807) is 11.3 Å². The zero-order valence-corrected chi connectivity index (χ0v) is 11.6. The third-order valence-corrected chi connectivity index (χ3v) is 3.65. The highest BCUT2D eigenvalue weighted by Crippen LogP contribution is 2.22. The van der Waals surface area contributed by atoms with Gasteiger partial charge in [0.25, 0.3) is 0 Å². The number of benzene rings is 1. The van der Waals surface area contributed by atoms with Crippen molar-refractivity contribution in [1.82, 2.24) is 4.98 Å². The van der Waals surface area contributed by atoms with Crippen LogP contribution in [0.25, 0.3) is 11.3 Å². The molecule has 0 spiro atoms. The fourth-order valence-corrected chi connectivity index (χ4v) is 2.28. The second kappa shape index (κ2) is 6.18. The Balaban J connectivity index is 2.01. The van der Waals surface area contributed by atoms with E-state index in [4.69, 9.17) is 11.6 Å². The molecule has 0 saturated heterocycles. The fraction of sp³-hybridized carbons (Fsp3) is 0.308. The Morgan fingerprint density at radius 2 is 2.11 bits per heavy atom. The molecule has 1 atom stereocenters. The number of halogens is 1. The van der Waals surface area contributed by atoms with E-state index in [1.807, 2.05) is 31.2 Å². The van der Waals surface area contributed by atoms with Gasteiger partial charge in [0.1, 0.15) is 0 Å². The lowest BCUT2D eigenvalue weighted by atomic mass is 10.1. The lowest BCUT2D eigenvalue weighted by molar-refractivity contribution is 0.211. The monoisotopic (exact) mass is 282 g/mol. The molecule has 0 saturated carbocycles. The molecule has 0 amide bonds. The number of aliphatic hydroxyl groups is 1. The minimum Gasteiger partial charge on any atom is -0.390 e. The third kappa shape index (κ3) is 3.45. The summed E-state index contributed by atoms with van der Waals surface area (Å²) in [5, 5.41) is 15.6. The van der Waals surface area contributed by atoms with Crippen molar-refractivity contribution in [3.63, 3.8) is 0 Å². The van der Waals surface area contributed by atoms with E-state index in [2.05, 4.69) is 15.7 Å². The van der Waals surface area contributed by atoms with E-state index >= 15 is 0 Å². The summed E-state index contributed by atoms with van der Waals surface area (Å²) in [5.74, 6) is 0.239. The Hall–Kier alpha value is -1.10. The minimum atomic E-state index is -0.521. The molecule has 1 heterocycles. The molecule has 0 radical (unpaired) electrons. The molecular formula is C13H15ClN2OS. The lowest BCUT2D eigenvalue weighted by Crippen LogP contribution is -2.20. The van der Waals surface area contributed by atoms with E-state index in [9.17, 15) is 5.11 Å².